The molecule has 21 heavy (non-hydrogen) atoms. The van der Waals surface area contributed by atoms with Crippen molar-refractivity contribution in [1.82, 2.24) is 10.6 Å². The predicted molar refractivity (Wildman–Crippen MR) is 87.2 cm³/mol. The number of nitrogens with two attached hydrogens (primary N) is 1. The van der Waals surface area contributed by atoms with Crippen molar-refractivity contribution in [2.75, 3.05) is 19.6 Å². The standard InChI is InChI=1S/C13H17Cl2N3O2.ClH/c1-8(13-9(14)3-2-4-10(13)15)6-17-12(20)7-18-11(19)5-16;/h2-4,8H,5-7,16H2,1H3,(H,17,20)(H,18,19);1H. The molecule has 1 unspecified atom stereocenters. The zero-order chi connectivity index (χ0) is 15.1. The van der Waals surface area contributed by atoms with Crippen LogP contribution in [0.25, 0.3) is 0 Å². The highest BCUT2D eigenvalue weighted by molar-refractivity contribution is 6.36. The second kappa shape index (κ2) is 9.84. The predicted octanol–water partition coefficient (Wildman–Crippen LogP) is 1.71. The Hall–Kier alpha value is -1.01. The van der Waals surface area contributed by atoms with Gasteiger partial charge < -0.3 is 16.4 Å². The Morgan fingerprint density at radius 3 is 2.29 bits per heavy atom. The third kappa shape index (κ3) is 6.52. The minimum absolute atomic E-state index is 0. The van der Waals surface area contributed by atoms with Crippen molar-refractivity contribution < 1.29 is 9.59 Å². The fourth-order valence-electron chi connectivity index (χ4n) is 1.66. The van der Waals surface area contributed by atoms with Gasteiger partial charge in [0.25, 0.3) is 0 Å². The van der Waals surface area contributed by atoms with E-state index in [1.165, 1.54) is 0 Å². The van der Waals surface area contributed by atoms with Crippen LogP contribution in [0.5, 0.6) is 0 Å². The second-order valence-electron chi connectivity index (χ2n) is 4.32. The molecule has 0 aliphatic carbocycles. The van der Waals surface area contributed by atoms with E-state index in [0.717, 1.165) is 5.56 Å². The van der Waals surface area contributed by atoms with Gasteiger partial charge in [-0.25, -0.2) is 0 Å². The summed E-state index contributed by atoms with van der Waals surface area (Å²) in [5.74, 6) is -0.700. The number of halogens is 3. The summed E-state index contributed by atoms with van der Waals surface area (Å²) in [5.41, 5.74) is 5.91. The molecule has 0 radical (unpaired) electrons. The largest absolute Gasteiger partial charge is 0.354 e. The van der Waals surface area contributed by atoms with Gasteiger partial charge in [-0.2, -0.15) is 0 Å². The van der Waals surface area contributed by atoms with E-state index in [2.05, 4.69) is 10.6 Å². The van der Waals surface area contributed by atoms with E-state index >= 15 is 0 Å². The summed E-state index contributed by atoms with van der Waals surface area (Å²) in [5, 5.41) is 6.22. The SMILES string of the molecule is CC(CNC(=O)CNC(=O)CN)c1c(Cl)cccc1Cl.Cl. The number of hydrogen-bond donors (Lipinski definition) is 3. The molecule has 4 N–H and O–H groups in total. The molecule has 1 aromatic rings. The Morgan fingerprint density at radius 2 is 1.76 bits per heavy atom. The highest BCUT2D eigenvalue weighted by Gasteiger charge is 2.14. The quantitative estimate of drug-likeness (QED) is 0.727. The van der Waals surface area contributed by atoms with E-state index in [4.69, 9.17) is 28.9 Å². The van der Waals surface area contributed by atoms with Gasteiger partial charge in [0, 0.05) is 22.5 Å². The minimum Gasteiger partial charge on any atom is -0.354 e. The van der Waals surface area contributed by atoms with Crippen molar-refractivity contribution in [3.63, 3.8) is 0 Å². The van der Waals surface area contributed by atoms with Crippen LogP contribution in [0.2, 0.25) is 10.0 Å². The van der Waals surface area contributed by atoms with Crippen molar-refractivity contribution in [2.45, 2.75) is 12.8 Å². The maximum absolute atomic E-state index is 11.5. The Morgan fingerprint density at radius 1 is 1.19 bits per heavy atom. The molecule has 0 bridgehead atoms. The first-order chi connectivity index (χ1) is 9.45. The van der Waals surface area contributed by atoms with Gasteiger partial charge in [0.15, 0.2) is 0 Å². The highest BCUT2D eigenvalue weighted by Crippen LogP contribution is 2.30. The lowest BCUT2D eigenvalue weighted by Gasteiger charge is -2.16. The zero-order valence-electron chi connectivity index (χ0n) is 11.5. The van der Waals surface area contributed by atoms with Gasteiger partial charge in [-0.15, -0.1) is 12.4 Å². The van der Waals surface area contributed by atoms with E-state index in [1.54, 1.807) is 18.2 Å². The number of benzene rings is 1. The third-order valence-electron chi connectivity index (χ3n) is 2.73. The molecule has 0 saturated heterocycles. The van der Waals surface area contributed by atoms with Crippen LogP contribution in [0.15, 0.2) is 18.2 Å². The molecule has 2 amide bonds. The van der Waals surface area contributed by atoms with Crippen LogP contribution in [0.1, 0.15) is 18.4 Å². The second-order valence-corrected chi connectivity index (χ2v) is 5.14. The number of nitrogens with one attached hydrogen (secondary N) is 2. The number of carbonyl (C=O) groups is 2. The van der Waals surface area contributed by atoms with Crippen molar-refractivity contribution >= 4 is 47.4 Å². The van der Waals surface area contributed by atoms with Crippen molar-refractivity contribution in [3.05, 3.63) is 33.8 Å². The summed E-state index contributed by atoms with van der Waals surface area (Å²) in [4.78, 5) is 22.5. The maximum atomic E-state index is 11.5. The van der Waals surface area contributed by atoms with Crippen LogP contribution in [0.3, 0.4) is 0 Å². The van der Waals surface area contributed by atoms with Gasteiger partial charge in [-0.3, -0.25) is 9.59 Å². The fourth-order valence-corrected chi connectivity index (χ4v) is 2.43. The van der Waals surface area contributed by atoms with E-state index < -0.39 is 0 Å². The lowest BCUT2D eigenvalue weighted by molar-refractivity contribution is -0.125. The van der Waals surface area contributed by atoms with Gasteiger partial charge in [0.05, 0.1) is 13.1 Å². The fraction of sp³-hybridized carbons (Fsp3) is 0.385. The topological polar surface area (TPSA) is 84.2 Å². The lowest BCUT2D eigenvalue weighted by Crippen LogP contribution is -2.40. The summed E-state index contributed by atoms with van der Waals surface area (Å²) < 4.78 is 0. The van der Waals surface area contributed by atoms with Gasteiger partial charge in [0.1, 0.15) is 0 Å². The summed E-state index contributed by atoms with van der Waals surface area (Å²) in [7, 11) is 0. The average Bonchev–Trinajstić information content (AvgIpc) is 2.42. The molecule has 8 heteroatoms. The molecule has 0 aliphatic heterocycles. The van der Waals surface area contributed by atoms with Crippen LogP contribution in [0.4, 0.5) is 0 Å². The van der Waals surface area contributed by atoms with Gasteiger partial charge in [-0.1, -0.05) is 36.2 Å². The molecule has 0 saturated carbocycles. The summed E-state index contributed by atoms with van der Waals surface area (Å²) in [6.45, 7) is 2.05. The van der Waals surface area contributed by atoms with E-state index in [-0.39, 0.29) is 43.2 Å². The van der Waals surface area contributed by atoms with E-state index in [0.29, 0.717) is 16.6 Å². The smallest absolute Gasteiger partial charge is 0.239 e. The first-order valence-corrected chi connectivity index (χ1v) is 6.88. The van der Waals surface area contributed by atoms with Gasteiger partial charge in [-0.05, 0) is 17.7 Å². The van der Waals surface area contributed by atoms with Crippen molar-refractivity contribution in [3.8, 4) is 0 Å². The Balaban J connectivity index is 0.00000400. The van der Waals surface area contributed by atoms with Crippen LogP contribution < -0.4 is 16.4 Å². The molecule has 0 spiro atoms. The van der Waals surface area contributed by atoms with E-state index in [1.807, 2.05) is 6.92 Å². The third-order valence-corrected chi connectivity index (χ3v) is 3.39. The molecule has 1 atom stereocenters. The molecule has 118 valence electrons. The number of hydrogen-bond acceptors (Lipinski definition) is 3. The molecule has 5 nitrogen and oxygen atoms in total. The van der Waals surface area contributed by atoms with Crippen LogP contribution in [-0.2, 0) is 9.59 Å². The first-order valence-electron chi connectivity index (χ1n) is 6.13. The van der Waals surface area contributed by atoms with Crippen LogP contribution >= 0.6 is 35.6 Å². The van der Waals surface area contributed by atoms with Crippen LogP contribution in [-0.4, -0.2) is 31.4 Å². The molecule has 1 rings (SSSR count). The van der Waals surface area contributed by atoms with E-state index in [9.17, 15) is 9.59 Å². The summed E-state index contributed by atoms with van der Waals surface area (Å²) >= 11 is 12.2. The first kappa shape index (κ1) is 20.0. The number of rotatable bonds is 6. The number of carbonyl (C=O) groups excluding carboxylic acids is 2. The normalized spacial score (nSPS) is 11.2. The van der Waals surface area contributed by atoms with Crippen molar-refractivity contribution in [1.29, 1.82) is 0 Å². The molecular weight excluding hydrogens is 337 g/mol. The molecule has 1 aromatic carbocycles. The molecule has 0 aliphatic rings. The van der Waals surface area contributed by atoms with Crippen molar-refractivity contribution in [2.24, 2.45) is 5.73 Å². The Bertz CT molecular complexity index is 477. The Labute approximate surface area is 140 Å². The molecule has 0 fully saturated rings. The van der Waals surface area contributed by atoms with Gasteiger partial charge >= 0.3 is 0 Å². The zero-order valence-corrected chi connectivity index (χ0v) is 13.8. The molecule has 0 heterocycles. The molecular formula is C13H18Cl3N3O2. The summed E-state index contributed by atoms with van der Waals surface area (Å²) in [6, 6.07) is 5.27. The summed E-state index contributed by atoms with van der Waals surface area (Å²) in [6.07, 6.45) is 0. The van der Waals surface area contributed by atoms with Gasteiger partial charge in [0.2, 0.25) is 11.8 Å². The Kier molecular flexibility index (Phi) is 9.37. The highest BCUT2D eigenvalue weighted by atomic mass is 35.5. The van der Waals surface area contributed by atoms with Crippen LogP contribution in [0, 0.1) is 0 Å². The lowest BCUT2D eigenvalue weighted by atomic mass is 10.0. The average molecular weight is 355 g/mol. The maximum Gasteiger partial charge on any atom is 0.239 e. The molecule has 0 aromatic heterocycles. The minimum atomic E-state index is -0.373. The number of amides is 2. The monoisotopic (exact) mass is 353 g/mol.